The molecule has 7 heteroatoms. The van der Waals surface area contributed by atoms with Crippen molar-refractivity contribution < 1.29 is 13.5 Å². The van der Waals surface area contributed by atoms with Gasteiger partial charge in [-0.2, -0.15) is 0 Å². The normalized spacial score (nSPS) is 10.6. The molecule has 0 bridgehead atoms. The number of hydrogen-bond donors (Lipinski definition) is 1. The van der Waals surface area contributed by atoms with Gasteiger partial charge in [-0.15, -0.1) is 0 Å². The zero-order valence-corrected chi connectivity index (χ0v) is 13.1. The lowest BCUT2D eigenvalue weighted by atomic mass is 10.1. The highest BCUT2D eigenvalue weighted by molar-refractivity contribution is 6.30. The standard InChI is InChI=1S/C17H12ClF2N3O/c18-13-2-1-3-14(16(13)20)24-12-7-10(8-22-9-12)6-11-4-5-23-17(21)15(11)19/h1-5,7-9H,6H2,(H2,21,23). The zero-order chi connectivity index (χ0) is 17.1. The van der Waals surface area contributed by atoms with Gasteiger partial charge in [-0.25, -0.2) is 13.8 Å². The summed E-state index contributed by atoms with van der Waals surface area (Å²) in [5.74, 6) is -1.08. The fourth-order valence-electron chi connectivity index (χ4n) is 2.16. The Hall–Kier alpha value is -2.73. The summed E-state index contributed by atoms with van der Waals surface area (Å²) in [7, 11) is 0. The van der Waals surface area contributed by atoms with Crippen molar-refractivity contribution >= 4 is 17.4 Å². The van der Waals surface area contributed by atoms with Crippen LogP contribution in [-0.4, -0.2) is 9.97 Å². The highest BCUT2D eigenvalue weighted by Crippen LogP contribution is 2.29. The van der Waals surface area contributed by atoms with E-state index in [1.807, 2.05) is 0 Å². The van der Waals surface area contributed by atoms with E-state index in [-0.39, 0.29) is 23.0 Å². The molecule has 0 spiro atoms. The van der Waals surface area contributed by atoms with E-state index in [1.54, 1.807) is 18.3 Å². The van der Waals surface area contributed by atoms with Gasteiger partial charge in [0.15, 0.2) is 23.2 Å². The molecule has 0 radical (unpaired) electrons. The molecule has 2 N–H and O–H groups in total. The van der Waals surface area contributed by atoms with Crippen LogP contribution in [0.3, 0.4) is 0 Å². The Kier molecular flexibility index (Phi) is 4.57. The van der Waals surface area contributed by atoms with Crippen LogP contribution in [-0.2, 0) is 6.42 Å². The maximum atomic E-state index is 13.9. The van der Waals surface area contributed by atoms with Crippen LogP contribution in [0.2, 0.25) is 5.02 Å². The van der Waals surface area contributed by atoms with Gasteiger partial charge in [0.2, 0.25) is 0 Å². The minimum absolute atomic E-state index is 0.0132. The molecule has 2 aromatic heterocycles. The smallest absolute Gasteiger partial charge is 0.184 e. The summed E-state index contributed by atoms with van der Waals surface area (Å²) in [5, 5.41) is -0.0362. The molecule has 2 heterocycles. The van der Waals surface area contributed by atoms with Crippen LogP contribution in [0.4, 0.5) is 14.6 Å². The first kappa shape index (κ1) is 16.1. The van der Waals surface area contributed by atoms with Crippen molar-refractivity contribution in [1.29, 1.82) is 0 Å². The van der Waals surface area contributed by atoms with E-state index >= 15 is 0 Å². The molecule has 0 atom stereocenters. The van der Waals surface area contributed by atoms with Gasteiger partial charge >= 0.3 is 0 Å². The van der Waals surface area contributed by atoms with E-state index in [0.717, 1.165) is 0 Å². The molecule has 0 aliphatic heterocycles. The molecule has 0 amide bonds. The Bertz CT molecular complexity index is 821. The lowest BCUT2D eigenvalue weighted by Gasteiger charge is -2.09. The molecular weight excluding hydrogens is 336 g/mol. The molecule has 3 rings (SSSR count). The van der Waals surface area contributed by atoms with Crippen LogP contribution in [0.15, 0.2) is 48.9 Å². The van der Waals surface area contributed by atoms with E-state index in [1.165, 1.54) is 30.6 Å². The van der Waals surface area contributed by atoms with Crippen LogP contribution in [0.5, 0.6) is 11.5 Å². The fourth-order valence-corrected chi connectivity index (χ4v) is 2.33. The number of nitrogen functional groups attached to an aromatic ring is 1. The monoisotopic (exact) mass is 347 g/mol. The quantitative estimate of drug-likeness (QED) is 0.761. The molecule has 122 valence electrons. The molecule has 0 aliphatic rings. The van der Waals surface area contributed by atoms with Crippen molar-refractivity contribution in [1.82, 2.24) is 9.97 Å². The summed E-state index contributed by atoms with van der Waals surface area (Å²) in [6.45, 7) is 0. The molecule has 0 saturated carbocycles. The van der Waals surface area contributed by atoms with Gasteiger partial charge in [-0.1, -0.05) is 17.7 Å². The molecule has 4 nitrogen and oxygen atoms in total. The number of rotatable bonds is 4. The Labute approximate surface area is 141 Å². The average Bonchev–Trinajstić information content (AvgIpc) is 2.57. The largest absolute Gasteiger partial charge is 0.453 e. The Morgan fingerprint density at radius 2 is 1.96 bits per heavy atom. The maximum absolute atomic E-state index is 13.9. The SMILES string of the molecule is Nc1nccc(Cc2cncc(Oc3cccc(Cl)c3F)c2)c1F. The topological polar surface area (TPSA) is 61.0 Å². The summed E-state index contributed by atoms with van der Waals surface area (Å²) in [6, 6.07) is 7.64. The lowest BCUT2D eigenvalue weighted by molar-refractivity contribution is 0.440. The highest BCUT2D eigenvalue weighted by atomic mass is 35.5. The summed E-state index contributed by atoms with van der Waals surface area (Å²) in [5.41, 5.74) is 6.52. The highest BCUT2D eigenvalue weighted by Gasteiger charge is 2.11. The van der Waals surface area contributed by atoms with E-state index in [0.29, 0.717) is 16.9 Å². The molecule has 0 saturated heterocycles. The molecule has 0 fully saturated rings. The third-order valence-corrected chi connectivity index (χ3v) is 3.60. The Morgan fingerprint density at radius 3 is 2.79 bits per heavy atom. The van der Waals surface area contributed by atoms with Gasteiger partial charge in [0.25, 0.3) is 0 Å². The first-order chi connectivity index (χ1) is 11.5. The van der Waals surface area contributed by atoms with Crippen LogP contribution < -0.4 is 10.5 Å². The van der Waals surface area contributed by atoms with Crippen LogP contribution in [0, 0.1) is 11.6 Å². The number of anilines is 1. The number of ether oxygens (including phenoxy) is 1. The summed E-state index contributed by atoms with van der Waals surface area (Å²) >= 11 is 5.72. The number of benzene rings is 1. The summed E-state index contributed by atoms with van der Waals surface area (Å²) in [6.07, 6.45) is 4.68. The van der Waals surface area contributed by atoms with E-state index in [2.05, 4.69) is 9.97 Å². The molecule has 24 heavy (non-hydrogen) atoms. The molecular formula is C17H12ClF2N3O. The lowest BCUT2D eigenvalue weighted by Crippen LogP contribution is -2.01. The maximum Gasteiger partial charge on any atom is 0.184 e. The van der Waals surface area contributed by atoms with E-state index in [9.17, 15) is 8.78 Å². The Morgan fingerprint density at radius 1 is 1.12 bits per heavy atom. The number of halogens is 3. The van der Waals surface area contributed by atoms with Crippen molar-refractivity contribution in [2.75, 3.05) is 5.73 Å². The molecule has 1 aromatic carbocycles. The van der Waals surface area contributed by atoms with Gasteiger partial charge in [0.05, 0.1) is 11.2 Å². The van der Waals surface area contributed by atoms with Crippen molar-refractivity contribution in [3.05, 3.63) is 76.7 Å². The van der Waals surface area contributed by atoms with Crippen molar-refractivity contribution in [2.45, 2.75) is 6.42 Å². The minimum atomic E-state index is -0.655. The predicted octanol–water partition coefficient (Wildman–Crippen LogP) is 4.37. The number of pyridine rings is 2. The number of nitrogens with two attached hydrogens (primary N) is 1. The van der Waals surface area contributed by atoms with Crippen molar-refractivity contribution in [3.63, 3.8) is 0 Å². The van der Waals surface area contributed by atoms with E-state index < -0.39 is 11.6 Å². The van der Waals surface area contributed by atoms with Crippen molar-refractivity contribution in [2.24, 2.45) is 0 Å². The summed E-state index contributed by atoms with van der Waals surface area (Å²) in [4.78, 5) is 7.71. The van der Waals surface area contributed by atoms with Gasteiger partial charge in [0.1, 0.15) is 5.75 Å². The van der Waals surface area contributed by atoms with E-state index in [4.69, 9.17) is 22.1 Å². The second kappa shape index (κ2) is 6.80. The predicted molar refractivity (Wildman–Crippen MR) is 87.1 cm³/mol. The third kappa shape index (κ3) is 3.44. The first-order valence-corrected chi connectivity index (χ1v) is 7.37. The first-order valence-electron chi connectivity index (χ1n) is 6.99. The molecule has 0 unspecified atom stereocenters. The number of nitrogens with zero attached hydrogens (tertiary/aromatic N) is 2. The van der Waals surface area contributed by atoms with Crippen LogP contribution >= 0.6 is 11.6 Å². The minimum Gasteiger partial charge on any atom is -0.453 e. The second-order valence-electron chi connectivity index (χ2n) is 5.03. The fraction of sp³-hybridized carbons (Fsp3) is 0.0588. The second-order valence-corrected chi connectivity index (χ2v) is 5.44. The molecule has 3 aromatic rings. The van der Waals surface area contributed by atoms with Gasteiger partial charge in [-0.3, -0.25) is 4.98 Å². The number of aromatic nitrogens is 2. The number of hydrogen-bond acceptors (Lipinski definition) is 4. The summed E-state index contributed by atoms with van der Waals surface area (Å²) < 4.78 is 33.3. The van der Waals surface area contributed by atoms with Crippen LogP contribution in [0.1, 0.15) is 11.1 Å². The van der Waals surface area contributed by atoms with Gasteiger partial charge < -0.3 is 10.5 Å². The average molecular weight is 348 g/mol. The van der Waals surface area contributed by atoms with Crippen molar-refractivity contribution in [3.8, 4) is 11.5 Å². The molecule has 0 aliphatic carbocycles. The third-order valence-electron chi connectivity index (χ3n) is 3.30. The zero-order valence-electron chi connectivity index (χ0n) is 12.3. The van der Waals surface area contributed by atoms with Gasteiger partial charge in [-0.05, 0) is 35.4 Å². The van der Waals surface area contributed by atoms with Gasteiger partial charge in [0, 0.05) is 18.8 Å². The van der Waals surface area contributed by atoms with Crippen LogP contribution in [0.25, 0.3) is 0 Å². The Balaban J connectivity index is 1.84.